The number of rotatable bonds is 6. The van der Waals surface area contributed by atoms with Crippen molar-refractivity contribution in [3.8, 4) is 0 Å². The van der Waals surface area contributed by atoms with Gasteiger partial charge in [0.2, 0.25) is 0 Å². The van der Waals surface area contributed by atoms with E-state index < -0.39 is 0 Å². The highest BCUT2D eigenvalue weighted by atomic mass is 15.2. The largest absolute Gasteiger partial charge is 0.330 e. The SMILES string of the molecule is CC(CN)CCN(C)Cc1cnn(C)c1. The van der Waals surface area contributed by atoms with Crippen LogP contribution in [-0.2, 0) is 13.6 Å². The Hall–Kier alpha value is -0.870. The molecule has 1 heterocycles. The van der Waals surface area contributed by atoms with Gasteiger partial charge in [-0.25, -0.2) is 0 Å². The van der Waals surface area contributed by atoms with E-state index in [2.05, 4.69) is 30.2 Å². The molecule has 15 heavy (non-hydrogen) atoms. The molecule has 0 saturated carbocycles. The molecule has 0 radical (unpaired) electrons. The van der Waals surface area contributed by atoms with E-state index >= 15 is 0 Å². The van der Waals surface area contributed by atoms with E-state index in [1.165, 1.54) is 5.56 Å². The van der Waals surface area contributed by atoms with Crippen LogP contribution >= 0.6 is 0 Å². The monoisotopic (exact) mass is 210 g/mol. The summed E-state index contributed by atoms with van der Waals surface area (Å²) >= 11 is 0. The van der Waals surface area contributed by atoms with E-state index in [1.807, 2.05) is 17.9 Å². The van der Waals surface area contributed by atoms with Crippen LogP contribution in [0.2, 0.25) is 0 Å². The minimum atomic E-state index is 0.612. The molecule has 1 aromatic rings. The van der Waals surface area contributed by atoms with E-state index in [-0.39, 0.29) is 0 Å². The van der Waals surface area contributed by atoms with Gasteiger partial charge in [-0.05, 0) is 32.5 Å². The molecule has 0 fully saturated rings. The Kier molecular flexibility index (Phi) is 4.78. The molecule has 0 saturated heterocycles. The Morgan fingerprint density at radius 1 is 1.60 bits per heavy atom. The molecule has 1 aromatic heterocycles. The molecular weight excluding hydrogens is 188 g/mol. The van der Waals surface area contributed by atoms with Crippen molar-refractivity contribution < 1.29 is 0 Å². The Bertz CT molecular complexity index is 282. The van der Waals surface area contributed by atoms with Gasteiger partial charge in [0.25, 0.3) is 0 Å². The Morgan fingerprint density at radius 3 is 2.87 bits per heavy atom. The predicted molar refractivity (Wildman–Crippen MR) is 62.4 cm³/mol. The fraction of sp³-hybridized carbons (Fsp3) is 0.727. The third kappa shape index (κ3) is 4.44. The van der Waals surface area contributed by atoms with E-state index in [0.717, 1.165) is 26.1 Å². The maximum atomic E-state index is 5.58. The van der Waals surface area contributed by atoms with Crippen LogP contribution in [0.1, 0.15) is 18.9 Å². The number of aromatic nitrogens is 2. The summed E-state index contributed by atoms with van der Waals surface area (Å²) in [7, 11) is 4.08. The van der Waals surface area contributed by atoms with Gasteiger partial charge in [-0.1, -0.05) is 6.92 Å². The third-order valence-corrected chi connectivity index (χ3v) is 2.62. The first-order valence-electron chi connectivity index (χ1n) is 5.48. The predicted octanol–water partition coefficient (Wildman–Crippen LogP) is 0.837. The average molecular weight is 210 g/mol. The molecule has 2 N–H and O–H groups in total. The van der Waals surface area contributed by atoms with Gasteiger partial charge in [-0.2, -0.15) is 5.10 Å². The van der Waals surface area contributed by atoms with Crippen LogP contribution in [-0.4, -0.2) is 34.8 Å². The first-order chi connectivity index (χ1) is 7.11. The summed E-state index contributed by atoms with van der Waals surface area (Å²) in [6.07, 6.45) is 5.14. The first kappa shape index (κ1) is 12.2. The molecule has 1 atom stereocenters. The Labute approximate surface area is 92.1 Å². The fourth-order valence-corrected chi connectivity index (χ4v) is 1.50. The quantitative estimate of drug-likeness (QED) is 0.757. The summed E-state index contributed by atoms with van der Waals surface area (Å²) < 4.78 is 1.84. The molecule has 1 unspecified atom stereocenters. The normalized spacial score (nSPS) is 13.4. The molecular formula is C11H22N4. The first-order valence-corrected chi connectivity index (χ1v) is 5.48. The van der Waals surface area contributed by atoms with Crippen molar-refractivity contribution in [2.75, 3.05) is 20.1 Å². The summed E-state index contributed by atoms with van der Waals surface area (Å²) in [6.45, 7) is 5.02. The van der Waals surface area contributed by atoms with Gasteiger partial charge in [0.05, 0.1) is 6.20 Å². The zero-order valence-electron chi connectivity index (χ0n) is 9.98. The zero-order valence-corrected chi connectivity index (χ0v) is 9.98. The smallest absolute Gasteiger partial charge is 0.0534 e. The van der Waals surface area contributed by atoms with E-state index in [0.29, 0.717) is 5.92 Å². The van der Waals surface area contributed by atoms with Gasteiger partial charge < -0.3 is 10.6 Å². The van der Waals surface area contributed by atoms with Crippen LogP contribution < -0.4 is 5.73 Å². The molecule has 0 spiro atoms. The van der Waals surface area contributed by atoms with Gasteiger partial charge in [-0.15, -0.1) is 0 Å². The maximum absolute atomic E-state index is 5.58. The van der Waals surface area contributed by atoms with Gasteiger partial charge in [0.1, 0.15) is 0 Å². The number of hydrogen-bond donors (Lipinski definition) is 1. The van der Waals surface area contributed by atoms with Gasteiger partial charge in [-0.3, -0.25) is 4.68 Å². The molecule has 0 bridgehead atoms. The topological polar surface area (TPSA) is 47.1 Å². The van der Waals surface area contributed by atoms with E-state index in [1.54, 1.807) is 0 Å². The minimum Gasteiger partial charge on any atom is -0.330 e. The summed E-state index contributed by atoms with van der Waals surface area (Å²) in [4.78, 5) is 2.31. The number of aryl methyl sites for hydroxylation is 1. The van der Waals surface area contributed by atoms with Crippen molar-refractivity contribution >= 4 is 0 Å². The van der Waals surface area contributed by atoms with Crippen molar-refractivity contribution in [2.24, 2.45) is 18.7 Å². The van der Waals surface area contributed by atoms with Crippen molar-refractivity contribution in [2.45, 2.75) is 19.9 Å². The summed E-state index contributed by atoms with van der Waals surface area (Å²) in [5, 5.41) is 4.15. The lowest BCUT2D eigenvalue weighted by Crippen LogP contribution is -2.22. The van der Waals surface area contributed by atoms with Crippen LogP contribution in [0.3, 0.4) is 0 Å². The van der Waals surface area contributed by atoms with Crippen molar-refractivity contribution in [1.82, 2.24) is 14.7 Å². The van der Waals surface area contributed by atoms with Crippen LogP contribution in [0, 0.1) is 5.92 Å². The highest BCUT2D eigenvalue weighted by Crippen LogP contribution is 2.05. The second-order valence-corrected chi connectivity index (χ2v) is 4.39. The standard InChI is InChI=1S/C11H22N4/c1-10(6-12)4-5-14(2)8-11-7-13-15(3)9-11/h7,9-10H,4-6,8,12H2,1-3H3. The summed E-state index contributed by atoms with van der Waals surface area (Å²) in [6, 6.07) is 0. The van der Waals surface area contributed by atoms with E-state index in [4.69, 9.17) is 5.73 Å². The van der Waals surface area contributed by atoms with Crippen LogP contribution in [0.5, 0.6) is 0 Å². The lowest BCUT2D eigenvalue weighted by molar-refractivity contribution is 0.300. The van der Waals surface area contributed by atoms with Crippen molar-refractivity contribution in [3.05, 3.63) is 18.0 Å². The second kappa shape index (κ2) is 5.88. The van der Waals surface area contributed by atoms with Gasteiger partial charge >= 0.3 is 0 Å². The summed E-state index contributed by atoms with van der Waals surface area (Å²) in [5.41, 5.74) is 6.85. The molecule has 0 amide bonds. The lowest BCUT2D eigenvalue weighted by atomic mass is 10.1. The van der Waals surface area contributed by atoms with Crippen LogP contribution in [0.15, 0.2) is 12.4 Å². The highest BCUT2D eigenvalue weighted by Gasteiger charge is 2.04. The van der Waals surface area contributed by atoms with E-state index in [9.17, 15) is 0 Å². The number of nitrogens with zero attached hydrogens (tertiary/aromatic N) is 3. The molecule has 0 aliphatic rings. The molecule has 1 rings (SSSR count). The average Bonchev–Trinajstić information content (AvgIpc) is 2.60. The second-order valence-electron chi connectivity index (χ2n) is 4.39. The molecule has 0 aliphatic heterocycles. The maximum Gasteiger partial charge on any atom is 0.0534 e. The van der Waals surface area contributed by atoms with Gasteiger partial charge in [0.15, 0.2) is 0 Å². The van der Waals surface area contributed by atoms with Crippen LogP contribution in [0.4, 0.5) is 0 Å². The Balaban J connectivity index is 2.27. The van der Waals surface area contributed by atoms with Crippen molar-refractivity contribution in [1.29, 1.82) is 0 Å². The lowest BCUT2D eigenvalue weighted by Gasteiger charge is -2.17. The molecule has 4 nitrogen and oxygen atoms in total. The van der Waals surface area contributed by atoms with Crippen LogP contribution in [0.25, 0.3) is 0 Å². The highest BCUT2D eigenvalue weighted by molar-refractivity contribution is 5.02. The van der Waals surface area contributed by atoms with Gasteiger partial charge in [0, 0.05) is 25.4 Å². The molecule has 86 valence electrons. The third-order valence-electron chi connectivity index (χ3n) is 2.62. The fourth-order valence-electron chi connectivity index (χ4n) is 1.50. The zero-order chi connectivity index (χ0) is 11.3. The Morgan fingerprint density at radius 2 is 2.33 bits per heavy atom. The summed E-state index contributed by atoms with van der Waals surface area (Å²) in [5.74, 6) is 0.612. The molecule has 0 aliphatic carbocycles. The number of nitrogens with two attached hydrogens (primary N) is 1. The van der Waals surface area contributed by atoms with Crippen molar-refractivity contribution in [3.63, 3.8) is 0 Å². The molecule has 4 heteroatoms. The molecule has 0 aromatic carbocycles. The minimum absolute atomic E-state index is 0.612. The number of hydrogen-bond acceptors (Lipinski definition) is 3.